The molecule has 0 aliphatic heterocycles. The van der Waals surface area contributed by atoms with Gasteiger partial charge in [0, 0.05) is 30.1 Å². The van der Waals surface area contributed by atoms with Gasteiger partial charge in [-0.3, -0.25) is 4.79 Å². The molecule has 0 radical (unpaired) electrons. The van der Waals surface area contributed by atoms with Crippen LogP contribution >= 0.6 is 11.5 Å². The van der Waals surface area contributed by atoms with Gasteiger partial charge in [0.1, 0.15) is 5.75 Å². The number of nitrogens with one attached hydrogen (secondary N) is 1. The van der Waals surface area contributed by atoms with Crippen LogP contribution in [0.3, 0.4) is 0 Å². The minimum absolute atomic E-state index is 0.105. The van der Waals surface area contributed by atoms with Gasteiger partial charge in [0.25, 0.3) is 11.1 Å². The molecular formula is C21H23N3O2S. The van der Waals surface area contributed by atoms with Crippen LogP contribution in [0.1, 0.15) is 41.2 Å². The van der Waals surface area contributed by atoms with Gasteiger partial charge >= 0.3 is 0 Å². The summed E-state index contributed by atoms with van der Waals surface area (Å²) in [6.07, 6.45) is 0.664. The number of carbonyl (C=O) groups is 1. The van der Waals surface area contributed by atoms with Gasteiger partial charge in [-0.05, 0) is 36.6 Å². The van der Waals surface area contributed by atoms with E-state index in [2.05, 4.69) is 59.7 Å². The lowest BCUT2D eigenvalue weighted by atomic mass is 10.1. The number of amides is 1. The number of carbonyl (C=O) groups excluding carboxylic acids is 1. The molecule has 0 fully saturated rings. The van der Waals surface area contributed by atoms with Crippen LogP contribution in [-0.2, 0) is 6.42 Å². The summed E-state index contributed by atoms with van der Waals surface area (Å²) in [5, 5.41) is 3.37. The van der Waals surface area contributed by atoms with E-state index in [-0.39, 0.29) is 5.91 Å². The van der Waals surface area contributed by atoms with E-state index in [9.17, 15) is 4.79 Å². The lowest BCUT2D eigenvalue weighted by molar-refractivity contribution is 0.0948. The summed E-state index contributed by atoms with van der Waals surface area (Å²) in [5.74, 6) is 1.60. The first-order chi connectivity index (χ1) is 13.0. The molecule has 1 amide bonds. The van der Waals surface area contributed by atoms with Crippen LogP contribution in [0, 0.1) is 12.8 Å². The molecule has 1 aromatic heterocycles. The molecular weight excluding hydrogens is 358 g/mol. The van der Waals surface area contributed by atoms with Crippen LogP contribution in [0.5, 0.6) is 10.9 Å². The second-order valence-corrected chi connectivity index (χ2v) is 7.59. The summed E-state index contributed by atoms with van der Waals surface area (Å²) in [6.45, 7) is 6.82. The first kappa shape index (κ1) is 19.0. The zero-order chi connectivity index (χ0) is 19.2. The Bertz CT molecular complexity index is 904. The second kappa shape index (κ2) is 8.77. The van der Waals surface area contributed by atoms with E-state index in [0.717, 1.165) is 11.4 Å². The van der Waals surface area contributed by atoms with Crippen LogP contribution < -0.4 is 10.1 Å². The molecule has 1 heterocycles. The van der Waals surface area contributed by atoms with Crippen molar-refractivity contribution in [1.82, 2.24) is 14.7 Å². The SMILES string of the molecule is Cc1ccc(Cc2nsc(Oc3cccc(C(=O)NCC(C)C)c3)n2)cc1. The van der Waals surface area contributed by atoms with E-state index in [1.807, 2.05) is 0 Å². The Morgan fingerprint density at radius 1 is 1.19 bits per heavy atom. The number of rotatable bonds is 7. The Labute approximate surface area is 163 Å². The summed E-state index contributed by atoms with van der Waals surface area (Å²) in [4.78, 5) is 16.6. The summed E-state index contributed by atoms with van der Waals surface area (Å²) >= 11 is 1.21. The van der Waals surface area contributed by atoms with Crippen LogP contribution in [0.15, 0.2) is 48.5 Å². The fourth-order valence-corrected chi connectivity index (χ4v) is 3.01. The highest BCUT2D eigenvalue weighted by Gasteiger charge is 2.10. The molecule has 0 saturated carbocycles. The van der Waals surface area contributed by atoms with Crippen molar-refractivity contribution in [3.8, 4) is 10.9 Å². The van der Waals surface area contributed by atoms with Gasteiger partial charge in [-0.25, -0.2) is 0 Å². The van der Waals surface area contributed by atoms with Crippen LogP contribution in [0.4, 0.5) is 0 Å². The Balaban J connectivity index is 1.64. The number of aromatic nitrogens is 2. The van der Waals surface area contributed by atoms with E-state index < -0.39 is 0 Å². The van der Waals surface area contributed by atoms with E-state index >= 15 is 0 Å². The van der Waals surface area contributed by atoms with E-state index in [0.29, 0.717) is 35.4 Å². The lowest BCUT2D eigenvalue weighted by Crippen LogP contribution is -2.27. The predicted molar refractivity (Wildman–Crippen MR) is 108 cm³/mol. The zero-order valence-corrected chi connectivity index (χ0v) is 16.5. The molecule has 3 rings (SSSR count). The largest absolute Gasteiger partial charge is 0.430 e. The first-order valence-electron chi connectivity index (χ1n) is 8.94. The Morgan fingerprint density at radius 2 is 1.96 bits per heavy atom. The van der Waals surface area contributed by atoms with Gasteiger partial charge in [0.05, 0.1) is 0 Å². The van der Waals surface area contributed by atoms with Gasteiger partial charge in [-0.15, -0.1) is 0 Å². The highest BCUT2D eigenvalue weighted by Crippen LogP contribution is 2.24. The average Bonchev–Trinajstić information content (AvgIpc) is 3.08. The minimum atomic E-state index is -0.105. The van der Waals surface area contributed by atoms with Crippen molar-refractivity contribution in [2.45, 2.75) is 27.2 Å². The monoisotopic (exact) mass is 381 g/mol. The van der Waals surface area contributed by atoms with Crippen LogP contribution in [0.25, 0.3) is 0 Å². The number of hydrogen-bond donors (Lipinski definition) is 1. The standard InChI is InChI=1S/C21H23N3O2S/c1-14(2)13-22-20(25)17-5-4-6-18(12-17)26-21-23-19(24-27-21)11-16-9-7-15(3)8-10-16/h4-10,12,14H,11,13H2,1-3H3,(H,22,25). The quantitative estimate of drug-likeness (QED) is 0.649. The van der Waals surface area contributed by atoms with E-state index in [1.54, 1.807) is 24.3 Å². The van der Waals surface area contributed by atoms with Crippen molar-refractivity contribution in [3.63, 3.8) is 0 Å². The highest BCUT2D eigenvalue weighted by molar-refractivity contribution is 7.07. The third-order valence-corrected chi connectivity index (χ3v) is 4.54. The Kier molecular flexibility index (Phi) is 6.19. The fourth-order valence-electron chi connectivity index (χ4n) is 2.44. The maximum absolute atomic E-state index is 12.2. The minimum Gasteiger partial charge on any atom is -0.430 e. The van der Waals surface area contributed by atoms with Crippen molar-refractivity contribution >= 4 is 17.4 Å². The molecule has 0 atom stereocenters. The van der Waals surface area contributed by atoms with Crippen molar-refractivity contribution in [3.05, 3.63) is 71.0 Å². The molecule has 0 saturated heterocycles. The lowest BCUT2D eigenvalue weighted by Gasteiger charge is -2.08. The number of benzene rings is 2. The Morgan fingerprint density at radius 3 is 2.70 bits per heavy atom. The van der Waals surface area contributed by atoms with Gasteiger partial charge in [-0.1, -0.05) is 49.7 Å². The maximum Gasteiger partial charge on any atom is 0.298 e. The summed E-state index contributed by atoms with van der Waals surface area (Å²) in [7, 11) is 0. The summed E-state index contributed by atoms with van der Waals surface area (Å²) in [5.41, 5.74) is 2.96. The van der Waals surface area contributed by atoms with Crippen molar-refractivity contribution in [2.75, 3.05) is 6.54 Å². The predicted octanol–water partition coefficient (Wildman–Crippen LogP) is 4.62. The smallest absolute Gasteiger partial charge is 0.298 e. The topological polar surface area (TPSA) is 64.1 Å². The number of ether oxygens (including phenoxy) is 1. The molecule has 0 unspecified atom stereocenters. The van der Waals surface area contributed by atoms with Crippen molar-refractivity contribution < 1.29 is 9.53 Å². The summed E-state index contributed by atoms with van der Waals surface area (Å²) < 4.78 is 10.2. The summed E-state index contributed by atoms with van der Waals surface area (Å²) in [6, 6.07) is 15.4. The average molecular weight is 382 g/mol. The van der Waals surface area contributed by atoms with Crippen LogP contribution in [0.2, 0.25) is 0 Å². The molecule has 1 N–H and O–H groups in total. The highest BCUT2D eigenvalue weighted by atomic mass is 32.1. The van der Waals surface area contributed by atoms with E-state index in [4.69, 9.17) is 4.74 Å². The van der Waals surface area contributed by atoms with Gasteiger partial charge in [0.2, 0.25) is 0 Å². The third-order valence-electron chi connectivity index (χ3n) is 3.90. The molecule has 5 nitrogen and oxygen atoms in total. The maximum atomic E-state index is 12.2. The zero-order valence-electron chi connectivity index (χ0n) is 15.7. The van der Waals surface area contributed by atoms with Gasteiger partial charge in [-0.2, -0.15) is 9.36 Å². The number of aryl methyl sites for hydroxylation is 1. The van der Waals surface area contributed by atoms with Gasteiger partial charge in [0.15, 0.2) is 5.82 Å². The second-order valence-electron chi connectivity index (χ2n) is 6.87. The normalized spacial score (nSPS) is 10.8. The molecule has 3 aromatic rings. The molecule has 2 aromatic carbocycles. The first-order valence-corrected chi connectivity index (χ1v) is 9.71. The number of nitrogens with zero attached hydrogens (tertiary/aromatic N) is 2. The Hall–Kier alpha value is -2.73. The fraction of sp³-hybridized carbons (Fsp3) is 0.286. The molecule has 0 aliphatic carbocycles. The molecule has 6 heteroatoms. The third kappa shape index (κ3) is 5.62. The molecule has 140 valence electrons. The van der Waals surface area contributed by atoms with Crippen molar-refractivity contribution in [2.24, 2.45) is 5.92 Å². The van der Waals surface area contributed by atoms with Crippen molar-refractivity contribution in [1.29, 1.82) is 0 Å². The van der Waals surface area contributed by atoms with Gasteiger partial charge < -0.3 is 10.1 Å². The molecule has 27 heavy (non-hydrogen) atoms. The van der Waals surface area contributed by atoms with Crippen LogP contribution in [-0.4, -0.2) is 21.8 Å². The molecule has 0 spiro atoms. The number of hydrogen-bond acceptors (Lipinski definition) is 5. The molecule has 0 aliphatic rings. The van der Waals surface area contributed by atoms with E-state index in [1.165, 1.54) is 17.1 Å². The molecule has 0 bridgehead atoms.